The molecule has 3 aromatic rings. The monoisotopic (exact) mass is 458 g/mol. The van der Waals surface area contributed by atoms with Crippen molar-refractivity contribution in [3.8, 4) is 0 Å². The van der Waals surface area contributed by atoms with E-state index in [1.165, 1.54) is 17.7 Å². The Labute approximate surface area is 195 Å². The Morgan fingerprint density at radius 3 is 2.15 bits per heavy atom. The predicted octanol–water partition coefficient (Wildman–Crippen LogP) is 3.72. The van der Waals surface area contributed by atoms with Crippen molar-refractivity contribution >= 4 is 11.0 Å². The third kappa shape index (κ3) is 9.61. The van der Waals surface area contributed by atoms with Gasteiger partial charge in [0, 0.05) is 31.4 Å². The van der Waals surface area contributed by atoms with Gasteiger partial charge in [-0.15, -0.1) is 0 Å². The third-order valence-corrected chi connectivity index (χ3v) is 5.20. The molecule has 0 aliphatic carbocycles. The van der Waals surface area contributed by atoms with Gasteiger partial charge in [-0.25, -0.2) is 4.39 Å². The van der Waals surface area contributed by atoms with Crippen LogP contribution in [-0.2, 0) is 33.6 Å². The molecule has 0 amide bonds. The van der Waals surface area contributed by atoms with Crippen molar-refractivity contribution in [2.45, 2.75) is 19.4 Å². The summed E-state index contributed by atoms with van der Waals surface area (Å²) in [4.78, 5) is 0. The van der Waals surface area contributed by atoms with E-state index in [1.807, 2.05) is 19.2 Å². The molecule has 0 radical (unpaired) electrons. The van der Waals surface area contributed by atoms with E-state index in [1.54, 1.807) is 0 Å². The van der Waals surface area contributed by atoms with Gasteiger partial charge < -0.3 is 29.3 Å². The number of furan rings is 1. The average molecular weight is 459 g/mol. The van der Waals surface area contributed by atoms with E-state index in [0.29, 0.717) is 39.6 Å². The zero-order valence-corrected chi connectivity index (χ0v) is 19.4. The highest BCUT2D eigenvalue weighted by molar-refractivity contribution is 5.78. The largest absolute Gasteiger partial charge is 0.461 e. The lowest BCUT2D eigenvalue weighted by atomic mass is 10.1. The Bertz CT molecular complexity index is 930. The topological polar surface area (TPSA) is 64.9 Å². The average Bonchev–Trinajstić information content (AvgIpc) is 3.24. The Morgan fingerprint density at radius 1 is 0.758 bits per heavy atom. The van der Waals surface area contributed by atoms with Gasteiger partial charge in [-0.1, -0.05) is 24.3 Å². The highest BCUT2D eigenvalue weighted by Gasteiger charge is 2.06. The molecule has 33 heavy (non-hydrogen) atoms. The van der Waals surface area contributed by atoms with Crippen molar-refractivity contribution < 1.29 is 23.0 Å². The first-order chi connectivity index (χ1) is 16.2. The molecule has 6 nitrogen and oxygen atoms in total. The summed E-state index contributed by atoms with van der Waals surface area (Å²) in [6, 6.07) is 15.0. The minimum atomic E-state index is -0.207. The number of fused-ring (bicyclic) bond motifs is 1. The van der Waals surface area contributed by atoms with E-state index in [0.717, 1.165) is 54.8 Å². The van der Waals surface area contributed by atoms with Crippen LogP contribution in [0.1, 0.15) is 16.9 Å². The molecule has 0 atom stereocenters. The molecule has 0 spiro atoms. The first-order valence-electron chi connectivity index (χ1n) is 11.6. The van der Waals surface area contributed by atoms with Gasteiger partial charge in [0.1, 0.15) is 17.2 Å². The summed E-state index contributed by atoms with van der Waals surface area (Å²) < 4.78 is 35.5. The summed E-state index contributed by atoms with van der Waals surface area (Å²) in [7, 11) is 1.90. The molecule has 0 aliphatic rings. The van der Waals surface area contributed by atoms with Crippen LogP contribution in [0, 0.1) is 5.82 Å². The maximum Gasteiger partial charge on any atom is 0.134 e. The standard InChI is InChI=1S/C26H35FN2O4/c1-28-10-12-30-14-16-32-17-15-31-13-11-29-20-22-2-6-23-19-25(33-26(23)18-22)9-5-21-3-7-24(27)8-4-21/h2-4,6-8,18-19,28-29H,5,9-17,20H2,1H3. The summed E-state index contributed by atoms with van der Waals surface area (Å²) in [6.45, 7) is 6.08. The van der Waals surface area contributed by atoms with Gasteiger partial charge >= 0.3 is 0 Å². The Hall–Kier alpha value is -2.29. The van der Waals surface area contributed by atoms with Crippen molar-refractivity contribution in [2.75, 3.05) is 59.8 Å². The SMILES string of the molecule is CNCCOCCOCCOCCNCc1ccc2cc(CCc3ccc(F)cc3)oc2c1. The molecule has 0 fully saturated rings. The van der Waals surface area contributed by atoms with Gasteiger partial charge in [0.05, 0.1) is 39.6 Å². The minimum Gasteiger partial charge on any atom is -0.461 e. The molecule has 0 unspecified atom stereocenters. The number of hydrogen-bond acceptors (Lipinski definition) is 6. The number of likely N-dealkylation sites (N-methyl/N-ethyl adjacent to an activating group) is 1. The van der Waals surface area contributed by atoms with Crippen molar-refractivity contribution in [3.63, 3.8) is 0 Å². The zero-order chi connectivity index (χ0) is 23.1. The molecule has 7 heteroatoms. The summed E-state index contributed by atoms with van der Waals surface area (Å²) in [5.74, 6) is 0.737. The molecule has 3 rings (SSSR count). The summed E-state index contributed by atoms with van der Waals surface area (Å²) in [5, 5.41) is 7.52. The van der Waals surface area contributed by atoms with Crippen molar-refractivity contribution in [2.24, 2.45) is 0 Å². The molecule has 0 saturated heterocycles. The van der Waals surface area contributed by atoms with Crippen LogP contribution in [0.3, 0.4) is 0 Å². The minimum absolute atomic E-state index is 0.207. The first kappa shape index (κ1) is 25.3. The summed E-state index contributed by atoms with van der Waals surface area (Å²) in [5.41, 5.74) is 3.17. The lowest BCUT2D eigenvalue weighted by Crippen LogP contribution is -2.20. The second kappa shape index (κ2) is 14.8. The molecule has 1 heterocycles. The third-order valence-electron chi connectivity index (χ3n) is 5.20. The van der Waals surface area contributed by atoms with Crippen LogP contribution in [0.2, 0.25) is 0 Å². The van der Waals surface area contributed by atoms with Gasteiger partial charge in [0.25, 0.3) is 0 Å². The number of rotatable bonds is 17. The highest BCUT2D eigenvalue weighted by Crippen LogP contribution is 2.22. The van der Waals surface area contributed by atoms with Crippen LogP contribution in [-0.4, -0.2) is 59.8 Å². The fourth-order valence-corrected chi connectivity index (χ4v) is 3.38. The van der Waals surface area contributed by atoms with Gasteiger partial charge in [-0.05, 0) is 48.9 Å². The molecule has 0 aliphatic heterocycles. The quantitative estimate of drug-likeness (QED) is 0.301. The van der Waals surface area contributed by atoms with E-state index >= 15 is 0 Å². The van der Waals surface area contributed by atoms with Gasteiger partial charge in [-0.2, -0.15) is 0 Å². The van der Waals surface area contributed by atoms with E-state index in [-0.39, 0.29) is 5.82 Å². The molecule has 2 aromatic carbocycles. The molecular weight excluding hydrogens is 423 g/mol. The number of aryl methyl sites for hydroxylation is 2. The van der Waals surface area contributed by atoms with Gasteiger partial charge in [0.2, 0.25) is 0 Å². The normalized spacial score (nSPS) is 11.5. The second-order valence-electron chi connectivity index (χ2n) is 7.83. The molecule has 2 N–H and O–H groups in total. The highest BCUT2D eigenvalue weighted by atomic mass is 19.1. The summed E-state index contributed by atoms with van der Waals surface area (Å²) in [6.07, 6.45) is 1.61. The zero-order valence-electron chi connectivity index (χ0n) is 19.4. The summed E-state index contributed by atoms with van der Waals surface area (Å²) >= 11 is 0. The van der Waals surface area contributed by atoms with Crippen LogP contribution in [0.4, 0.5) is 4.39 Å². The second-order valence-corrected chi connectivity index (χ2v) is 7.83. The lowest BCUT2D eigenvalue weighted by Gasteiger charge is -2.08. The maximum absolute atomic E-state index is 13.0. The van der Waals surface area contributed by atoms with Crippen molar-refractivity contribution in [1.29, 1.82) is 0 Å². The van der Waals surface area contributed by atoms with Crippen LogP contribution >= 0.6 is 0 Å². The number of benzene rings is 2. The van der Waals surface area contributed by atoms with E-state index in [4.69, 9.17) is 18.6 Å². The molecular formula is C26H35FN2O4. The number of nitrogens with one attached hydrogen (secondary N) is 2. The fourth-order valence-electron chi connectivity index (χ4n) is 3.38. The van der Waals surface area contributed by atoms with Crippen molar-refractivity contribution in [3.05, 3.63) is 71.2 Å². The van der Waals surface area contributed by atoms with E-state index in [9.17, 15) is 4.39 Å². The first-order valence-corrected chi connectivity index (χ1v) is 11.6. The Balaban J connectivity index is 1.27. The molecule has 180 valence electrons. The number of hydrogen-bond donors (Lipinski definition) is 2. The van der Waals surface area contributed by atoms with E-state index in [2.05, 4.69) is 34.9 Å². The smallest absolute Gasteiger partial charge is 0.134 e. The predicted molar refractivity (Wildman–Crippen MR) is 128 cm³/mol. The Morgan fingerprint density at radius 2 is 1.42 bits per heavy atom. The van der Waals surface area contributed by atoms with E-state index < -0.39 is 0 Å². The lowest BCUT2D eigenvalue weighted by molar-refractivity contribution is 0.0159. The van der Waals surface area contributed by atoms with Crippen LogP contribution < -0.4 is 10.6 Å². The fraction of sp³-hybridized carbons (Fsp3) is 0.462. The van der Waals surface area contributed by atoms with Crippen LogP contribution in [0.15, 0.2) is 52.9 Å². The Kier molecular flexibility index (Phi) is 11.3. The number of ether oxygens (including phenoxy) is 3. The van der Waals surface area contributed by atoms with Crippen LogP contribution in [0.5, 0.6) is 0 Å². The molecule has 0 bridgehead atoms. The van der Waals surface area contributed by atoms with Gasteiger partial charge in [0.15, 0.2) is 0 Å². The molecule has 1 aromatic heterocycles. The van der Waals surface area contributed by atoms with Crippen LogP contribution in [0.25, 0.3) is 11.0 Å². The maximum atomic E-state index is 13.0. The van der Waals surface area contributed by atoms with Crippen molar-refractivity contribution in [1.82, 2.24) is 10.6 Å². The molecule has 0 saturated carbocycles. The number of halogens is 1. The van der Waals surface area contributed by atoms with Gasteiger partial charge in [-0.3, -0.25) is 0 Å².